The molecule has 0 saturated carbocycles. The molecular formula is C23H28FN3O5S. The van der Waals surface area contributed by atoms with Crippen molar-refractivity contribution >= 4 is 21.6 Å². The van der Waals surface area contributed by atoms with Gasteiger partial charge in [0.1, 0.15) is 11.9 Å². The number of anilines is 1. The Bertz CT molecular complexity index is 1100. The molecule has 33 heavy (non-hydrogen) atoms. The minimum absolute atomic E-state index is 0.237. The summed E-state index contributed by atoms with van der Waals surface area (Å²) < 4.78 is 50.4. The number of carbonyl (C=O) groups excluding carboxylic acids is 1. The maximum Gasteiger partial charge on any atom is 0.246 e. The molecule has 0 spiro atoms. The number of nitrogens with zero attached hydrogens (tertiary/aromatic N) is 3. The number of fused-ring (bicyclic) bond motifs is 1. The maximum absolute atomic E-state index is 13.4. The van der Waals surface area contributed by atoms with Gasteiger partial charge in [-0.15, -0.1) is 0 Å². The van der Waals surface area contributed by atoms with Gasteiger partial charge in [0.2, 0.25) is 22.7 Å². The molecule has 2 heterocycles. The van der Waals surface area contributed by atoms with Crippen LogP contribution in [0.2, 0.25) is 0 Å². The monoisotopic (exact) mass is 477 g/mol. The molecule has 4 rings (SSSR count). The van der Waals surface area contributed by atoms with Gasteiger partial charge in [0.05, 0.1) is 11.9 Å². The first-order valence-electron chi connectivity index (χ1n) is 10.9. The lowest BCUT2D eigenvalue weighted by Gasteiger charge is -2.39. The zero-order valence-electron chi connectivity index (χ0n) is 18.7. The number of rotatable bonds is 7. The number of ether oxygens (including phenoxy) is 2. The summed E-state index contributed by atoms with van der Waals surface area (Å²) in [6.45, 7) is 5.08. The summed E-state index contributed by atoms with van der Waals surface area (Å²) in [5.74, 6) is 0.783. The van der Waals surface area contributed by atoms with Gasteiger partial charge in [-0.1, -0.05) is 13.0 Å². The van der Waals surface area contributed by atoms with E-state index in [1.807, 2.05) is 18.2 Å². The minimum Gasteiger partial charge on any atom is -0.454 e. The molecule has 8 nitrogen and oxygen atoms in total. The second kappa shape index (κ2) is 9.56. The average Bonchev–Trinajstić information content (AvgIpc) is 3.25. The van der Waals surface area contributed by atoms with Crippen LogP contribution in [0, 0.1) is 5.82 Å². The molecule has 1 fully saturated rings. The Labute approximate surface area is 193 Å². The predicted molar refractivity (Wildman–Crippen MR) is 122 cm³/mol. The molecule has 2 aliphatic rings. The Morgan fingerprint density at radius 1 is 1.06 bits per heavy atom. The summed E-state index contributed by atoms with van der Waals surface area (Å²) in [5.41, 5.74) is 1.38. The van der Waals surface area contributed by atoms with E-state index >= 15 is 0 Å². The van der Waals surface area contributed by atoms with Crippen molar-refractivity contribution in [1.82, 2.24) is 9.80 Å². The van der Waals surface area contributed by atoms with Crippen LogP contribution in [0.4, 0.5) is 10.1 Å². The lowest BCUT2D eigenvalue weighted by atomic mass is 10.1. The molecule has 0 radical (unpaired) electrons. The van der Waals surface area contributed by atoms with E-state index in [0.717, 1.165) is 34.2 Å². The summed E-state index contributed by atoms with van der Waals surface area (Å²) in [5, 5.41) is 0. The summed E-state index contributed by atoms with van der Waals surface area (Å²) in [6.07, 6.45) is 1.37. The molecule has 0 unspecified atom stereocenters. The van der Waals surface area contributed by atoms with Crippen LogP contribution in [0.15, 0.2) is 42.5 Å². The molecule has 2 aliphatic heterocycles. The fraction of sp³-hybridized carbons (Fsp3) is 0.435. The van der Waals surface area contributed by atoms with E-state index in [-0.39, 0.29) is 18.4 Å². The van der Waals surface area contributed by atoms with E-state index in [1.54, 1.807) is 11.8 Å². The van der Waals surface area contributed by atoms with Crippen LogP contribution in [0.3, 0.4) is 0 Å². The summed E-state index contributed by atoms with van der Waals surface area (Å²) in [4.78, 5) is 17.3. The van der Waals surface area contributed by atoms with Crippen LogP contribution in [0.25, 0.3) is 0 Å². The highest BCUT2D eigenvalue weighted by atomic mass is 32.2. The molecule has 178 valence electrons. The Morgan fingerprint density at radius 2 is 1.73 bits per heavy atom. The van der Waals surface area contributed by atoms with E-state index < -0.39 is 21.9 Å². The van der Waals surface area contributed by atoms with E-state index in [4.69, 9.17) is 9.47 Å². The number of hydrogen-bond acceptors (Lipinski definition) is 6. The smallest absolute Gasteiger partial charge is 0.246 e. The van der Waals surface area contributed by atoms with Crippen LogP contribution in [-0.2, 0) is 21.4 Å². The average molecular weight is 478 g/mol. The molecule has 1 atom stereocenters. The maximum atomic E-state index is 13.4. The molecule has 0 aliphatic carbocycles. The largest absolute Gasteiger partial charge is 0.454 e. The van der Waals surface area contributed by atoms with Gasteiger partial charge in [-0.05, 0) is 48.4 Å². The van der Waals surface area contributed by atoms with E-state index in [1.165, 1.54) is 24.3 Å². The van der Waals surface area contributed by atoms with Gasteiger partial charge in [-0.3, -0.25) is 14.0 Å². The van der Waals surface area contributed by atoms with Crippen molar-refractivity contribution in [3.8, 4) is 11.5 Å². The minimum atomic E-state index is -3.75. The molecule has 1 amide bonds. The topological polar surface area (TPSA) is 79.4 Å². The predicted octanol–water partition coefficient (Wildman–Crippen LogP) is 2.44. The highest BCUT2D eigenvalue weighted by molar-refractivity contribution is 7.92. The SMILES string of the molecule is CC[C@H](C(=O)N1CCN(Cc2ccc3c(c2)OCO3)CC1)N(c1ccc(F)cc1)S(C)(=O)=O. The first-order valence-corrected chi connectivity index (χ1v) is 12.8. The van der Waals surface area contributed by atoms with Crippen LogP contribution in [0.5, 0.6) is 11.5 Å². The third kappa shape index (κ3) is 5.22. The number of piperazine rings is 1. The van der Waals surface area contributed by atoms with Gasteiger partial charge in [-0.25, -0.2) is 12.8 Å². The van der Waals surface area contributed by atoms with Crippen LogP contribution in [-0.4, -0.2) is 69.4 Å². The van der Waals surface area contributed by atoms with Crippen molar-refractivity contribution in [2.45, 2.75) is 25.9 Å². The highest BCUT2D eigenvalue weighted by Gasteiger charge is 2.35. The Kier molecular flexibility index (Phi) is 6.76. The standard InChI is InChI=1S/C23H28FN3O5S/c1-3-20(27(33(2,29)30)19-7-5-18(24)6-8-19)23(28)26-12-10-25(11-13-26)15-17-4-9-21-22(14-17)32-16-31-21/h4-9,14,20H,3,10-13,15-16H2,1-2H3/t20-/m1/s1. The van der Waals surface area contributed by atoms with E-state index in [2.05, 4.69) is 4.90 Å². The first-order chi connectivity index (χ1) is 15.8. The zero-order valence-corrected chi connectivity index (χ0v) is 19.6. The highest BCUT2D eigenvalue weighted by Crippen LogP contribution is 2.33. The molecule has 10 heteroatoms. The van der Waals surface area contributed by atoms with Crippen molar-refractivity contribution < 1.29 is 27.1 Å². The number of halogens is 1. The molecule has 2 aromatic carbocycles. The van der Waals surface area contributed by atoms with Gasteiger partial charge in [-0.2, -0.15) is 0 Å². The fourth-order valence-electron chi connectivity index (χ4n) is 4.27. The third-order valence-electron chi connectivity index (χ3n) is 5.92. The number of benzene rings is 2. The number of hydrogen-bond donors (Lipinski definition) is 0. The number of carbonyl (C=O) groups is 1. The van der Waals surface area contributed by atoms with Crippen molar-refractivity contribution in [1.29, 1.82) is 0 Å². The van der Waals surface area contributed by atoms with Crippen LogP contribution < -0.4 is 13.8 Å². The van der Waals surface area contributed by atoms with Gasteiger partial charge in [0, 0.05) is 32.7 Å². The molecule has 2 aromatic rings. The van der Waals surface area contributed by atoms with Crippen LogP contribution in [0.1, 0.15) is 18.9 Å². The lowest BCUT2D eigenvalue weighted by Crippen LogP contribution is -2.55. The Hall–Kier alpha value is -2.85. The number of amides is 1. The fourth-order valence-corrected chi connectivity index (χ4v) is 5.47. The van der Waals surface area contributed by atoms with Gasteiger partial charge in [0.25, 0.3) is 0 Å². The summed E-state index contributed by atoms with van der Waals surface area (Å²) >= 11 is 0. The van der Waals surface area contributed by atoms with Crippen LogP contribution >= 0.6 is 0 Å². The van der Waals surface area contributed by atoms with Gasteiger partial charge < -0.3 is 14.4 Å². The van der Waals surface area contributed by atoms with Crippen molar-refractivity contribution in [3.63, 3.8) is 0 Å². The lowest BCUT2D eigenvalue weighted by molar-refractivity contribution is -0.134. The molecule has 0 N–H and O–H groups in total. The normalized spacial score (nSPS) is 17.1. The van der Waals surface area contributed by atoms with Crippen molar-refractivity contribution in [2.24, 2.45) is 0 Å². The quantitative estimate of drug-likeness (QED) is 0.610. The zero-order chi connectivity index (χ0) is 23.6. The molecule has 0 bridgehead atoms. The summed E-state index contributed by atoms with van der Waals surface area (Å²) in [7, 11) is -3.75. The molecular weight excluding hydrogens is 449 g/mol. The summed E-state index contributed by atoms with van der Waals surface area (Å²) in [6, 6.07) is 10.2. The van der Waals surface area contributed by atoms with E-state index in [0.29, 0.717) is 32.6 Å². The van der Waals surface area contributed by atoms with Crippen molar-refractivity contribution in [3.05, 3.63) is 53.8 Å². The Balaban J connectivity index is 1.42. The van der Waals surface area contributed by atoms with Gasteiger partial charge in [0.15, 0.2) is 11.5 Å². The van der Waals surface area contributed by atoms with Crippen molar-refractivity contribution in [2.75, 3.05) is 43.5 Å². The second-order valence-electron chi connectivity index (χ2n) is 8.25. The first kappa shape index (κ1) is 23.3. The molecule has 1 saturated heterocycles. The van der Waals surface area contributed by atoms with Gasteiger partial charge >= 0.3 is 0 Å². The van der Waals surface area contributed by atoms with E-state index in [9.17, 15) is 17.6 Å². The second-order valence-corrected chi connectivity index (χ2v) is 10.1. The molecule has 0 aromatic heterocycles. The number of sulfonamides is 1. The Morgan fingerprint density at radius 3 is 2.36 bits per heavy atom. The third-order valence-corrected chi connectivity index (χ3v) is 7.10.